The molecule has 5 aromatic heterocycles. The number of hydrogen-bond acceptors (Lipinski definition) is 16. The summed E-state index contributed by atoms with van der Waals surface area (Å²) >= 11 is 5.86. The first-order valence-electron chi connectivity index (χ1n) is 23.3. The zero-order valence-electron chi connectivity index (χ0n) is 40.1. The predicted octanol–water partition coefficient (Wildman–Crippen LogP) is -2.34. The molecule has 74 heavy (non-hydrogen) atoms. The molecule has 0 bridgehead atoms. The quantitative estimate of drug-likeness (QED) is 0.0155. The number of aromatic amines is 5. The molecular formula is C46H59ClN18O9. The van der Waals surface area contributed by atoms with Crippen molar-refractivity contribution in [3.8, 4) is 0 Å². The van der Waals surface area contributed by atoms with Gasteiger partial charge in [-0.05, 0) is 17.7 Å². The summed E-state index contributed by atoms with van der Waals surface area (Å²) in [5, 5.41) is 39.2. The van der Waals surface area contributed by atoms with Crippen molar-refractivity contribution in [3.05, 3.63) is 121 Å². The minimum Gasteiger partial charge on any atom is -0.480 e. The second-order valence-corrected chi connectivity index (χ2v) is 17.5. The van der Waals surface area contributed by atoms with Crippen molar-refractivity contribution in [2.45, 2.75) is 81.5 Å². The number of aromatic nitrogens is 10. The van der Waals surface area contributed by atoms with Gasteiger partial charge in [-0.15, -0.1) is 11.6 Å². The third kappa shape index (κ3) is 17.8. The van der Waals surface area contributed by atoms with Gasteiger partial charge in [-0.1, -0.05) is 12.1 Å². The van der Waals surface area contributed by atoms with Crippen LogP contribution in [0.3, 0.4) is 0 Å². The average molecular weight is 1040 g/mol. The number of benzene rings is 1. The van der Waals surface area contributed by atoms with Crippen LogP contribution in [0.25, 0.3) is 0 Å². The van der Waals surface area contributed by atoms with Crippen LogP contribution in [0, 0.1) is 0 Å². The molecule has 0 radical (unpaired) electrons. The second-order valence-electron chi connectivity index (χ2n) is 17.1. The SMILES string of the molecule is CN(CCCl)c1ccc(CNCC(=O)CC(O)N[C@@H](Cc2cnc[nH]2)C(=O)N[C@@H](Cc2cnc[nH]2)C(=O)N[C@@H](Cc2cnc[nH]2)C(=O)N[C@@H](Cc2cnc[nH]2)C(=O)N[C@@H](Cc2cnc[nH]2)C(=O)NCC(=O)O)cc1. The lowest BCUT2D eigenvalue weighted by molar-refractivity contribution is -0.138. The van der Waals surface area contributed by atoms with E-state index in [1.807, 2.05) is 36.2 Å². The summed E-state index contributed by atoms with van der Waals surface area (Å²) in [6, 6.07) is 0.996. The third-order valence-corrected chi connectivity index (χ3v) is 11.6. The second kappa shape index (κ2) is 28.1. The highest BCUT2D eigenvalue weighted by Gasteiger charge is 2.34. The van der Waals surface area contributed by atoms with Gasteiger partial charge in [0.15, 0.2) is 5.78 Å². The van der Waals surface area contributed by atoms with E-state index in [-0.39, 0.29) is 50.9 Å². The number of nitrogens with one attached hydrogen (secondary N) is 12. The van der Waals surface area contributed by atoms with Gasteiger partial charge in [-0.3, -0.25) is 38.9 Å². The number of aliphatic hydroxyl groups is 1. The minimum absolute atomic E-state index is 0.0571. The molecule has 6 aromatic rings. The number of anilines is 1. The molecule has 0 aliphatic heterocycles. The molecule has 1 unspecified atom stereocenters. The Morgan fingerprint density at radius 1 is 0.568 bits per heavy atom. The van der Waals surface area contributed by atoms with Crippen molar-refractivity contribution >= 4 is 58.6 Å². The molecule has 6 rings (SSSR count). The highest BCUT2D eigenvalue weighted by Crippen LogP contribution is 2.14. The summed E-state index contributed by atoms with van der Waals surface area (Å²) in [6.45, 7) is 0.271. The van der Waals surface area contributed by atoms with Gasteiger partial charge in [0.25, 0.3) is 0 Å². The highest BCUT2D eigenvalue weighted by molar-refractivity contribution is 6.18. The Morgan fingerprint density at radius 2 is 0.946 bits per heavy atom. The fourth-order valence-corrected chi connectivity index (χ4v) is 7.82. The van der Waals surface area contributed by atoms with Gasteiger partial charge >= 0.3 is 5.97 Å². The molecule has 1 aromatic carbocycles. The minimum atomic E-state index is -1.49. The van der Waals surface area contributed by atoms with E-state index in [9.17, 15) is 43.8 Å². The first-order chi connectivity index (χ1) is 35.7. The Morgan fingerprint density at radius 3 is 1.31 bits per heavy atom. The summed E-state index contributed by atoms with van der Waals surface area (Å²) in [5.74, 6) is -5.29. The van der Waals surface area contributed by atoms with Gasteiger partial charge in [0, 0.05) is 130 Å². The fourth-order valence-electron chi connectivity index (χ4n) is 7.57. The van der Waals surface area contributed by atoms with Crippen LogP contribution in [-0.2, 0) is 72.2 Å². The molecule has 27 nitrogen and oxygen atoms in total. The van der Waals surface area contributed by atoms with Crippen molar-refractivity contribution in [1.29, 1.82) is 0 Å². The molecule has 394 valence electrons. The van der Waals surface area contributed by atoms with E-state index >= 15 is 0 Å². The number of carbonyl (C=O) groups excluding carboxylic acids is 6. The van der Waals surface area contributed by atoms with E-state index in [1.54, 1.807) is 0 Å². The molecule has 0 aliphatic carbocycles. The van der Waals surface area contributed by atoms with E-state index in [0.717, 1.165) is 11.3 Å². The maximum atomic E-state index is 14.5. The molecule has 5 heterocycles. The van der Waals surface area contributed by atoms with Gasteiger partial charge < -0.3 is 71.9 Å². The first-order valence-corrected chi connectivity index (χ1v) is 23.9. The predicted molar refractivity (Wildman–Crippen MR) is 265 cm³/mol. The summed E-state index contributed by atoms with van der Waals surface area (Å²) in [4.78, 5) is 131. The lowest BCUT2D eigenvalue weighted by atomic mass is 10.0. The lowest BCUT2D eigenvalue weighted by Gasteiger charge is -2.27. The Bertz CT molecular complexity index is 2670. The smallest absolute Gasteiger partial charge is 0.322 e. The van der Waals surface area contributed by atoms with Crippen LogP contribution in [0.15, 0.2) is 86.9 Å². The Balaban J connectivity index is 1.16. The van der Waals surface area contributed by atoms with Gasteiger partial charge in [0.05, 0.1) is 44.2 Å². The highest BCUT2D eigenvalue weighted by atomic mass is 35.5. The van der Waals surface area contributed by atoms with E-state index in [0.29, 0.717) is 47.4 Å². The standard InChI is InChI=1S/C46H59ClN18O9/c1-65(7-6-47)33-4-2-27(3-5-33)14-48-20-34(66)13-40(67)60-36(9-29-16-50-23-56-29)43(71)62-38(11-31-18-52-25-58-31)45(73)64-39(12-32-19-53-26-59-32)46(74)63-37(10-30-17-51-24-57-30)44(72)61-35(8-28-15-49-22-55-28)42(70)54-21-41(68)69/h2-5,15-19,22-26,35-40,48,60,67H,6-14,20-21H2,1H3,(H,49,55)(H,50,56)(H,51,57)(H,52,58)(H,53,59)(H,54,70)(H,61,72)(H,62,71)(H,63,74)(H,64,73)(H,68,69)/t35-,36-,37-,38-,39-,40?/m0/s1. The molecule has 0 saturated heterocycles. The van der Waals surface area contributed by atoms with E-state index in [2.05, 4.69) is 87.1 Å². The van der Waals surface area contributed by atoms with Crippen LogP contribution >= 0.6 is 11.6 Å². The maximum Gasteiger partial charge on any atom is 0.322 e. The van der Waals surface area contributed by atoms with Crippen molar-refractivity contribution in [3.63, 3.8) is 0 Å². The number of nitrogens with zero attached hydrogens (tertiary/aromatic N) is 6. The van der Waals surface area contributed by atoms with Crippen molar-refractivity contribution in [2.24, 2.45) is 0 Å². The van der Waals surface area contributed by atoms with Gasteiger partial charge in [-0.2, -0.15) is 0 Å². The molecule has 0 spiro atoms. The Labute approximate surface area is 428 Å². The maximum absolute atomic E-state index is 14.5. The number of halogens is 1. The Kier molecular flexibility index (Phi) is 20.9. The molecule has 0 saturated carbocycles. The molecule has 5 amide bonds. The van der Waals surface area contributed by atoms with Gasteiger partial charge in [0.2, 0.25) is 29.5 Å². The van der Waals surface area contributed by atoms with Crippen LogP contribution in [0.2, 0.25) is 0 Å². The van der Waals surface area contributed by atoms with Crippen LogP contribution in [-0.4, -0.2) is 170 Å². The number of alkyl halides is 1. The van der Waals surface area contributed by atoms with Crippen molar-refractivity contribution < 1.29 is 43.8 Å². The van der Waals surface area contributed by atoms with Crippen LogP contribution in [0.5, 0.6) is 0 Å². The lowest BCUT2D eigenvalue weighted by Crippen LogP contribution is -2.60. The van der Waals surface area contributed by atoms with Crippen LogP contribution < -0.4 is 42.1 Å². The zero-order valence-corrected chi connectivity index (χ0v) is 40.9. The number of aliphatic hydroxyl groups excluding tert-OH is 1. The van der Waals surface area contributed by atoms with Crippen molar-refractivity contribution in [1.82, 2.24) is 87.1 Å². The van der Waals surface area contributed by atoms with Crippen LogP contribution in [0.1, 0.15) is 40.5 Å². The summed E-state index contributed by atoms with van der Waals surface area (Å²) in [7, 11) is 1.94. The summed E-state index contributed by atoms with van der Waals surface area (Å²) in [5.41, 5.74) is 4.11. The van der Waals surface area contributed by atoms with E-state index < -0.39 is 78.5 Å². The van der Waals surface area contributed by atoms with Gasteiger partial charge in [0.1, 0.15) is 36.9 Å². The number of hydrogen-bond donors (Lipinski definition) is 14. The fraction of sp³-hybridized carbons (Fsp3) is 0.391. The number of carbonyl (C=O) groups is 7. The number of amides is 5. The largest absolute Gasteiger partial charge is 0.480 e. The molecule has 6 atom stereocenters. The van der Waals surface area contributed by atoms with E-state index in [1.165, 1.54) is 62.6 Å². The van der Waals surface area contributed by atoms with Crippen molar-refractivity contribution in [2.75, 3.05) is 37.5 Å². The number of rotatable bonds is 32. The summed E-state index contributed by atoms with van der Waals surface area (Å²) < 4.78 is 0. The monoisotopic (exact) mass is 1040 g/mol. The number of Topliss-reactive ketones (excluding diaryl/α,β-unsaturated/α-hetero) is 1. The van der Waals surface area contributed by atoms with E-state index in [4.69, 9.17) is 11.6 Å². The number of imidazole rings is 5. The number of aliphatic carboxylic acids is 1. The number of carboxylic acids is 1. The Hall–Kier alpha value is -8.27. The zero-order chi connectivity index (χ0) is 52.8. The topological polar surface area (TPSA) is 391 Å². The van der Waals surface area contributed by atoms with Crippen LogP contribution in [0.4, 0.5) is 5.69 Å². The normalized spacial score (nSPS) is 13.6. The van der Waals surface area contributed by atoms with Gasteiger partial charge in [-0.25, -0.2) is 24.9 Å². The molecular weight excluding hydrogens is 984 g/mol. The molecule has 14 N–H and O–H groups in total. The number of ketones is 1. The molecule has 0 fully saturated rings. The summed E-state index contributed by atoms with van der Waals surface area (Å²) in [6.07, 6.45) is 11.5. The number of carboxylic acid groups (broad SMARTS) is 1. The molecule has 0 aliphatic rings. The number of H-pyrrole nitrogens is 5. The first kappa shape index (κ1) is 55.1. The third-order valence-electron chi connectivity index (χ3n) is 11.4. The average Bonchev–Trinajstić information content (AvgIpc) is 4.25. The molecule has 28 heteroatoms.